The number of likely N-dealkylation sites (tertiary alicyclic amines) is 1. The first kappa shape index (κ1) is 23.5. The molecule has 1 aliphatic heterocycles. The summed E-state index contributed by atoms with van der Waals surface area (Å²) in [6, 6.07) is 5.60. The van der Waals surface area contributed by atoms with Crippen LogP contribution in [0.25, 0.3) is 0 Å². The lowest BCUT2D eigenvalue weighted by molar-refractivity contribution is -0.122. The molecule has 0 bridgehead atoms. The average molecular weight is 451 g/mol. The largest absolute Gasteiger partial charge is 0.370 e. The molecule has 3 unspecified atom stereocenters. The van der Waals surface area contributed by atoms with Crippen LogP contribution in [0.3, 0.4) is 0 Å². The summed E-state index contributed by atoms with van der Waals surface area (Å²) in [5.74, 6) is -0.586. The molecule has 1 amide bonds. The molecular weight excluding hydrogens is 416 g/mol. The Labute approximate surface area is 184 Å². The van der Waals surface area contributed by atoms with Crippen LogP contribution in [0.5, 0.6) is 0 Å². The van der Waals surface area contributed by atoms with E-state index >= 15 is 0 Å². The van der Waals surface area contributed by atoms with Crippen LogP contribution in [-0.4, -0.2) is 56.9 Å². The Morgan fingerprint density at radius 1 is 1.26 bits per heavy atom. The van der Waals surface area contributed by atoms with E-state index in [9.17, 15) is 13.2 Å². The molecule has 0 spiro atoms. The lowest BCUT2D eigenvalue weighted by Gasteiger charge is -2.33. The van der Waals surface area contributed by atoms with Gasteiger partial charge in [-0.15, -0.1) is 0 Å². The van der Waals surface area contributed by atoms with Crippen molar-refractivity contribution in [1.29, 1.82) is 5.41 Å². The molecule has 1 saturated carbocycles. The molecule has 31 heavy (non-hydrogen) atoms. The minimum atomic E-state index is -3.77. The fourth-order valence-electron chi connectivity index (χ4n) is 4.02. The van der Waals surface area contributed by atoms with Gasteiger partial charge < -0.3 is 21.7 Å². The van der Waals surface area contributed by atoms with Crippen molar-refractivity contribution in [3.63, 3.8) is 0 Å². The highest BCUT2D eigenvalue weighted by Crippen LogP contribution is 2.31. The van der Waals surface area contributed by atoms with E-state index in [0.29, 0.717) is 13.1 Å². The van der Waals surface area contributed by atoms with Crippen LogP contribution in [0.2, 0.25) is 0 Å². The van der Waals surface area contributed by atoms with Crippen LogP contribution in [0.1, 0.15) is 39.2 Å². The number of guanidine groups is 1. The number of carbonyl (C=O) groups is 1. The van der Waals surface area contributed by atoms with Crippen molar-refractivity contribution in [3.8, 4) is 0 Å². The summed E-state index contributed by atoms with van der Waals surface area (Å²) in [4.78, 5) is 14.5. The van der Waals surface area contributed by atoms with E-state index in [1.165, 1.54) is 0 Å². The monoisotopic (exact) mass is 450 g/mol. The number of sulfonamides is 1. The molecule has 2 fully saturated rings. The summed E-state index contributed by atoms with van der Waals surface area (Å²) in [5.41, 5.74) is 12.5. The van der Waals surface area contributed by atoms with Crippen molar-refractivity contribution in [1.82, 2.24) is 14.9 Å². The summed E-state index contributed by atoms with van der Waals surface area (Å²) < 4.78 is 28.0. The maximum Gasteiger partial charge on any atom is 0.240 e. The molecule has 0 aromatic heterocycles. The standard InChI is InChI=1S/C21H34N6O3S/c1-21(2,3)14-6-8-15(9-7-14)31(29,30)26-18-16(17(18)22)19(28)25-11-13-5-4-10-27(12-13)20(23)24/h6-9,13,16-18,26H,4-5,10-12,22H2,1-3H3,(H3,23,24)(H,25,28)/t13-,16?,17?,18?/m0/s1. The first-order valence-electron chi connectivity index (χ1n) is 10.7. The van der Waals surface area contributed by atoms with Gasteiger partial charge in [-0.25, -0.2) is 13.1 Å². The first-order chi connectivity index (χ1) is 14.4. The molecular formula is C21H34N6O3S. The van der Waals surface area contributed by atoms with Crippen LogP contribution >= 0.6 is 0 Å². The number of nitrogens with one attached hydrogen (secondary N) is 3. The van der Waals surface area contributed by atoms with Gasteiger partial charge in [0.05, 0.1) is 16.9 Å². The van der Waals surface area contributed by atoms with Gasteiger partial charge in [0.25, 0.3) is 0 Å². The summed E-state index contributed by atoms with van der Waals surface area (Å²) >= 11 is 0. The molecule has 9 nitrogen and oxygen atoms in total. The molecule has 0 radical (unpaired) electrons. The van der Waals surface area contributed by atoms with Crippen molar-refractivity contribution in [3.05, 3.63) is 29.8 Å². The van der Waals surface area contributed by atoms with Gasteiger partial charge in [0.2, 0.25) is 15.9 Å². The topological polar surface area (TPSA) is 154 Å². The highest BCUT2D eigenvalue weighted by Gasteiger charge is 2.54. The van der Waals surface area contributed by atoms with Crippen molar-refractivity contribution in [2.45, 2.75) is 56.0 Å². The average Bonchev–Trinajstić information content (AvgIpc) is 3.33. The predicted octanol–water partition coefficient (Wildman–Crippen LogP) is 0.310. The molecule has 1 saturated heterocycles. The first-order valence-corrected chi connectivity index (χ1v) is 12.1. The predicted molar refractivity (Wildman–Crippen MR) is 120 cm³/mol. The lowest BCUT2D eigenvalue weighted by Crippen LogP contribution is -2.46. The van der Waals surface area contributed by atoms with Crippen LogP contribution in [0, 0.1) is 17.2 Å². The second-order valence-corrected chi connectivity index (χ2v) is 11.3. The molecule has 10 heteroatoms. The van der Waals surface area contributed by atoms with E-state index in [0.717, 1.165) is 24.9 Å². The third-order valence-corrected chi connectivity index (χ3v) is 7.60. The van der Waals surface area contributed by atoms with E-state index < -0.39 is 28.0 Å². The van der Waals surface area contributed by atoms with Gasteiger partial charge in [-0.1, -0.05) is 32.9 Å². The fourth-order valence-corrected chi connectivity index (χ4v) is 5.31. The Hall–Kier alpha value is -2.17. The van der Waals surface area contributed by atoms with Gasteiger partial charge >= 0.3 is 0 Å². The van der Waals surface area contributed by atoms with Crippen molar-refractivity contribution in [2.75, 3.05) is 19.6 Å². The number of hydrogen-bond donors (Lipinski definition) is 5. The molecule has 1 heterocycles. The van der Waals surface area contributed by atoms with Crippen LogP contribution in [0.15, 0.2) is 29.2 Å². The van der Waals surface area contributed by atoms with E-state index in [4.69, 9.17) is 16.9 Å². The van der Waals surface area contributed by atoms with E-state index in [1.807, 2.05) is 0 Å². The number of piperidine rings is 1. The number of hydrogen-bond acceptors (Lipinski definition) is 5. The molecule has 1 aliphatic carbocycles. The van der Waals surface area contributed by atoms with Crippen LogP contribution < -0.4 is 21.5 Å². The lowest BCUT2D eigenvalue weighted by atomic mass is 9.87. The third kappa shape index (κ3) is 5.55. The number of amides is 1. The second kappa shape index (κ2) is 8.76. The van der Waals surface area contributed by atoms with Gasteiger partial charge in [0, 0.05) is 25.7 Å². The summed E-state index contributed by atoms with van der Waals surface area (Å²) in [5, 5.41) is 10.4. The highest BCUT2D eigenvalue weighted by atomic mass is 32.2. The number of benzene rings is 1. The quantitative estimate of drug-likeness (QED) is 0.310. The molecule has 2 aliphatic rings. The van der Waals surface area contributed by atoms with Gasteiger partial charge in [0.15, 0.2) is 5.96 Å². The van der Waals surface area contributed by atoms with Crippen LogP contribution in [-0.2, 0) is 20.2 Å². The summed E-state index contributed by atoms with van der Waals surface area (Å²) in [6.45, 7) is 8.03. The smallest absolute Gasteiger partial charge is 0.240 e. The minimum Gasteiger partial charge on any atom is -0.370 e. The molecule has 4 atom stereocenters. The number of rotatable bonds is 6. The number of carbonyl (C=O) groups excluding carboxylic acids is 1. The Balaban J connectivity index is 1.54. The number of nitrogens with zero attached hydrogens (tertiary/aromatic N) is 1. The van der Waals surface area contributed by atoms with E-state index in [2.05, 4.69) is 30.8 Å². The minimum absolute atomic E-state index is 0.0465. The maximum atomic E-state index is 12.7. The Morgan fingerprint density at radius 2 is 1.90 bits per heavy atom. The molecule has 3 rings (SSSR count). The third-order valence-electron chi connectivity index (χ3n) is 6.12. The molecule has 172 valence electrons. The second-order valence-electron chi connectivity index (χ2n) is 9.61. The molecule has 1 aromatic rings. The maximum absolute atomic E-state index is 12.7. The van der Waals surface area contributed by atoms with Gasteiger partial charge in [0.1, 0.15) is 0 Å². The fraction of sp³-hybridized carbons (Fsp3) is 0.619. The Morgan fingerprint density at radius 3 is 2.48 bits per heavy atom. The molecule has 1 aromatic carbocycles. The Kier molecular flexibility index (Phi) is 6.64. The zero-order valence-electron chi connectivity index (χ0n) is 18.4. The van der Waals surface area contributed by atoms with Crippen molar-refractivity contribution in [2.24, 2.45) is 23.3 Å². The molecule has 7 N–H and O–H groups in total. The Bertz CT molecular complexity index is 925. The zero-order valence-corrected chi connectivity index (χ0v) is 19.2. The summed E-state index contributed by atoms with van der Waals surface area (Å²) in [6.07, 6.45) is 1.86. The van der Waals surface area contributed by atoms with E-state index in [-0.39, 0.29) is 28.1 Å². The van der Waals surface area contributed by atoms with Gasteiger partial charge in [-0.2, -0.15) is 0 Å². The summed E-state index contributed by atoms with van der Waals surface area (Å²) in [7, 11) is -3.77. The van der Waals surface area contributed by atoms with Gasteiger partial charge in [-0.05, 0) is 41.9 Å². The van der Waals surface area contributed by atoms with E-state index in [1.54, 1.807) is 29.2 Å². The van der Waals surface area contributed by atoms with Crippen LogP contribution in [0.4, 0.5) is 0 Å². The normalized spacial score (nSPS) is 26.4. The van der Waals surface area contributed by atoms with Gasteiger partial charge in [-0.3, -0.25) is 10.2 Å². The van der Waals surface area contributed by atoms with Crippen molar-refractivity contribution >= 4 is 21.9 Å². The SMILES string of the molecule is CC(C)(C)c1ccc(S(=O)(=O)NC2C(N)C2C(=O)NC[C@@H]2CCCN(C(=N)N)C2)cc1. The highest BCUT2D eigenvalue weighted by molar-refractivity contribution is 7.89. The zero-order chi connectivity index (χ0) is 23.0. The number of nitrogens with two attached hydrogens (primary N) is 2. The van der Waals surface area contributed by atoms with Crippen molar-refractivity contribution < 1.29 is 13.2 Å².